The van der Waals surface area contributed by atoms with Crippen LogP contribution in [0.1, 0.15) is 29.3 Å². The largest absolute Gasteiger partial charge is 0.550 e. The number of hydrazine groups is 1. The number of carboxylic acids is 1. The maximum Gasteiger partial charge on any atom is 0.242 e. The van der Waals surface area contributed by atoms with Gasteiger partial charge >= 0.3 is 0 Å². The quantitative estimate of drug-likeness (QED) is 0.839. The van der Waals surface area contributed by atoms with Gasteiger partial charge in [-0.05, 0) is 41.6 Å². The summed E-state index contributed by atoms with van der Waals surface area (Å²) in [7, 11) is 3.94. The lowest BCUT2D eigenvalue weighted by molar-refractivity contribution is -0.305. The molecule has 0 bridgehead atoms. The number of thiophene rings is 1. The molecule has 26 heavy (non-hydrogen) atoms. The second-order valence-corrected chi connectivity index (χ2v) is 7.18. The summed E-state index contributed by atoms with van der Waals surface area (Å²) in [5.74, 6) is -1.51. The SMILES string of the molecule is CN(C)c1ccc([C@@H]2C=C(c3cccs3)NN2C(=O)CCC(=O)[O-])cc1. The van der Waals surface area contributed by atoms with Crippen molar-refractivity contribution >= 4 is 34.6 Å². The molecule has 6 nitrogen and oxygen atoms in total. The van der Waals surface area contributed by atoms with E-state index in [2.05, 4.69) is 5.43 Å². The molecule has 1 aliphatic rings. The van der Waals surface area contributed by atoms with Gasteiger partial charge in [0.15, 0.2) is 0 Å². The van der Waals surface area contributed by atoms with E-state index in [-0.39, 0.29) is 24.8 Å². The van der Waals surface area contributed by atoms with Crippen LogP contribution in [0.4, 0.5) is 5.69 Å². The van der Waals surface area contributed by atoms with Crippen molar-refractivity contribution < 1.29 is 14.7 Å². The summed E-state index contributed by atoms with van der Waals surface area (Å²) < 4.78 is 0. The first-order chi connectivity index (χ1) is 12.5. The average Bonchev–Trinajstić information content (AvgIpc) is 3.29. The van der Waals surface area contributed by atoms with E-state index < -0.39 is 5.97 Å². The Hall–Kier alpha value is -2.80. The van der Waals surface area contributed by atoms with E-state index in [0.29, 0.717) is 0 Å². The van der Waals surface area contributed by atoms with E-state index in [1.54, 1.807) is 11.3 Å². The minimum atomic E-state index is -1.23. The summed E-state index contributed by atoms with van der Waals surface area (Å²) in [6, 6.07) is 11.6. The zero-order chi connectivity index (χ0) is 18.7. The van der Waals surface area contributed by atoms with E-state index in [4.69, 9.17) is 0 Å². The molecule has 0 aliphatic carbocycles. The third kappa shape index (κ3) is 3.88. The van der Waals surface area contributed by atoms with Crippen molar-refractivity contribution in [3.8, 4) is 0 Å². The van der Waals surface area contributed by atoms with Gasteiger partial charge in [0.1, 0.15) is 0 Å². The monoisotopic (exact) mass is 370 g/mol. The van der Waals surface area contributed by atoms with Crippen LogP contribution in [0.5, 0.6) is 0 Å². The van der Waals surface area contributed by atoms with E-state index in [9.17, 15) is 14.7 Å². The first kappa shape index (κ1) is 18.0. The number of carbonyl (C=O) groups is 2. The van der Waals surface area contributed by atoms with E-state index >= 15 is 0 Å². The van der Waals surface area contributed by atoms with Crippen LogP contribution in [-0.2, 0) is 9.59 Å². The van der Waals surface area contributed by atoms with Crippen LogP contribution in [0.3, 0.4) is 0 Å². The van der Waals surface area contributed by atoms with E-state index in [1.807, 2.05) is 66.8 Å². The van der Waals surface area contributed by atoms with Gasteiger partial charge in [0.05, 0.1) is 16.6 Å². The zero-order valence-corrected chi connectivity index (χ0v) is 15.5. The van der Waals surface area contributed by atoms with Crippen LogP contribution in [0.2, 0.25) is 0 Å². The minimum absolute atomic E-state index is 0.104. The molecule has 0 radical (unpaired) electrons. The number of rotatable bonds is 6. The minimum Gasteiger partial charge on any atom is -0.550 e. The maximum atomic E-state index is 12.6. The topological polar surface area (TPSA) is 75.7 Å². The molecule has 1 N–H and O–H groups in total. The summed E-state index contributed by atoms with van der Waals surface area (Å²) in [6.07, 6.45) is 1.60. The number of nitrogens with zero attached hydrogens (tertiary/aromatic N) is 2. The Kier molecular flexibility index (Phi) is 5.27. The van der Waals surface area contributed by atoms with Gasteiger partial charge in [0.2, 0.25) is 5.91 Å². The third-order valence-electron chi connectivity index (χ3n) is 4.19. The number of amides is 1. The molecule has 1 aromatic carbocycles. The highest BCUT2D eigenvalue weighted by Crippen LogP contribution is 2.33. The van der Waals surface area contributed by atoms with Crippen LogP contribution in [-0.4, -0.2) is 31.0 Å². The van der Waals surface area contributed by atoms with Gasteiger partial charge in [-0.1, -0.05) is 18.2 Å². The van der Waals surface area contributed by atoms with Crippen molar-refractivity contribution in [1.29, 1.82) is 0 Å². The lowest BCUT2D eigenvalue weighted by atomic mass is 10.0. The molecule has 1 aliphatic heterocycles. The second kappa shape index (κ2) is 7.61. The molecule has 2 heterocycles. The van der Waals surface area contributed by atoms with Crippen molar-refractivity contribution in [2.45, 2.75) is 18.9 Å². The summed E-state index contributed by atoms with van der Waals surface area (Å²) >= 11 is 1.58. The van der Waals surface area contributed by atoms with Crippen molar-refractivity contribution in [2.24, 2.45) is 0 Å². The van der Waals surface area contributed by atoms with Gasteiger partial charge in [-0.2, -0.15) is 0 Å². The molecular formula is C19H20N3O3S-. The molecular weight excluding hydrogens is 350 g/mol. The number of nitrogens with one attached hydrogen (secondary N) is 1. The predicted octanol–water partition coefficient (Wildman–Crippen LogP) is 1.77. The fourth-order valence-corrected chi connectivity index (χ4v) is 3.50. The van der Waals surface area contributed by atoms with Gasteiger partial charge in [-0.15, -0.1) is 11.3 Å². The van der Waals surface area contributed by atoms with Gasteiger partial charge < -0.3 is 14.8 Å². The van der Waals surface area contributed by atoms with Crippen LogP contribution in [0.25, 0.3) is 5.70 Å². The number of carboxylic acid groups (broad SMARTS) is 1. The van der Waals surface area contributed by atoms with E-state index in [0.717, 1.165) is 21.8 Å². The maximum absolute atomic E-state index is 12.6. The first-order valence-electron chi connectivity index (χ1n) is 8.27. The Balaban J connectivity index is 1.87. The molecule has 1 amide bonds. The van der Waals surface area contributed by atoms with Crippen LogP contribution >= 0.6 is 11.3 Å². The number of hydrogen-bond acceptors (Lipinski definition) is 6. The van der Waals surface area contributed by atoms with Gasteiger partial charge in [0.25, 0.3) is 0 Å². The molecule has 2 aromatic rings. The standard InChI is InChI=1S/C19H21N3O3S/c1-21(2)14-7-5-13(6-8-14)16-12-15(17-4-3-11-26-17)20-22(16)18(23)9-10-19(24)25/h3-8,11-12,16,20H,9-10H2,1-2H3,(H,24,25)/p-1/t16-/m0/s1. The Labute approximate surface area is 156 Å². The Morgan fingerprint density at radius 3 is 2.50 bits per heavy atom. The second-order valence-electron chi connectivity index (χ2n) is 6.24. The van der Waals surface area contributed by atoms with Gasteiger partial charge in [0, 0.05) is 32.2 Å². The van der Waals surface area contributed by atoms with Crippen molar-refractivity contribution in [3.05, 3.63) is 58.3 Å². The van der Waals surface area contributed by atoms with Crippen LogP contribution in [0, 0.1) is 0 Å². The molecule has 1 atom stereocenters. The number of carbonyl (C=O) groups excluding carboxylic acids is 2. The molecule has 0 saturated carbocycles. The summed E-state index contributed by atoms with van der Waals surface area (Å²) in [5.41, 5.74) is 6.01. The molecule has 7 heteroatoms. The zero-order valence-electron chi connectivity index (χ0n) is 14.6. The highest BCUT2D eigenvalue weighted by Gasteiger charge is 2.30. The number of hydrogen-bond donors (Lipinski definition) is 1. The summed E-state index contributed by atoms with van der Waals surface area (Å²) in [5, 5.41) is 14.2. The third-order valence-corrected chi connectivity index (χ3v) is 5.10. The molecule has 0 saturated heterocycles. The predicted molar refractivity (Wildman–Crippen MR) is 100 cm³/mol. The molecule has 0 spiro atoms. The summed E-state index contributed by atoms with van der Waals surface area (Å²) in [4.78, 5) is 26.3. The lowest BCUT2D eigenvalue weighted by Gasteiger charge is -2.26. The molecule has 3 rings (SSSR count). The molecule has 0 fully saturated rings. The Morgan fingerprint density at radius 2 is 1.92 bits per heavy atom. The van der Waals surface area contributed by atoms with E-state index in [1.165, 1.54) is 5.01 Å². The fraction of sp³-hybridized carbons (Fsp3) is 0.263. The van der Waals surface area contributed by atoms with Crippen LogP contribution < -0.4 is 15.4 Å². The lowest BCUT2D eigenvalue weighted by Crippen LogP contribution is -2.40. The van der Waals surface area contributed by atoms with Gasteiger partial charge in [-0.3, -0.25) is 10.2 Å². The normalized spacial score (nSPS) is 16.2. The molecule has 1 aromatic heterocycles. The molecule has 136 valence electrons. The first-order valence-corrected chi connectivity index (χ1v) is 9.15. The Morgan fingerprint density at radius 1 is 1.19 bits per heavy atom. The number of anilines is 1. The number of aliphatic carboxylic acids is 1. The number of benzene rings is 1. The van der Waals surface area contributed by atoms with Crippen molar-refractivity contribution in [3.63, 3.8) is 0 Å². The average molecular weight is 370 g/mol. The smallest absolute Gasteiger partial charge is 0.242 e. The highest BCUT2D eigenvalue weighted by molar-refractivity contribution is 7.11. The highest BCUT2D eigenvalue weighted by atomic mass is 32.1. The van der Waals surface area contributed by atoms with Gasteiger partial charge in [-0.25, -0.2) is 5.01 Å². The van der Waals surface area contributed by atoms with Crippen molar-refractivity contribution in [1.82, 2.24) is 10.4 Å². The van der Waals surface area contributed by atoms with Crippen LogP contribution in [0.15, 0.2) is 47.9 Å². The summed E-state index contributed by atoms with van der Waals surface area (Å²) in [6.45, 7) is 0. The molecule has 0 unspecified atom stereocenters. The Bertz CT molecular complexity index is 813. The van der Waals surface area contributed by atoms with Crippen molar-refractivity contribution in [2.75, 3.05) is 19.0 Å². The fourth-order valence-electron chi connectivity index (χ4n) is 2.80.